The summed E-state index contributed by atoms with van der Waals surface area (Å²) in [6.07, 6.45) is 2.97. The zero-order chi connectivity index (χ0) is 17.2. The number of hydrogen-bond donors (Lipinski definition) is 0. The largest absolute Gasteiger partial charge is 0.293 e. The number of pyridine rings is 1. The van der Waals surface area contributed by atoms with Crippen LogP contribution in [0.4, 0.5) is 0 Å². The summed E-state index contributed by atoms with van der Waals surface area (Å²) in [6.45, 7) is 22.2. The van der Waals surface area contributed by atoms with Crippen LogP contribution in [0.5, 0.6) is 0 Å². The highest BCUT2D eigenvalue weighted by atomic mass is 16.1. The Labute approximate surface area is 131 Å². The predicted octanol–water partition coefficient (Wildman–Crippen LogP) is 6.09. The average molecular weight is 291 g/mol. The average Bonchev–Trinajstić information content (AvgIpc) is 2.40. The first-order valence-electron chi connectivity index (χ1n) is 7.72. The molecule has 2 heteroatoms. The lowest BCUT2D eigenvalue weighted by Crippen LogP contribution is -2.00. The molecule has 21 heavy (non-hydrogen) atoms. The molecular weight excluding hydrogens is 258 g/mol. The summed E-state index contributed by atoms with van der Waals surface area (Å²) in [6, 6.07) is 1.80. The van der Waals surface area contributed by atoms with Crippen molar-refractivity contribution in [1.29, 1.82) is 0 Å². The van der Waals surface area contributed by atoms with Gasteiger partial charge in [-0.25, -0.2) is 0 Å². The molecule has 0 aromatic carbocycles. The number of Topliss-reactive ketones (excluding diaryl/α,β-unsaturated/α-hetero) is 1. The summed E-state index contributed by atoms with van der Waals surface area (Å²) in [5.74, 6) is -0.00337. The first-order chi connectivity index (χ1) is 9.58. The van der Waals surface area contributed by atoms with Gasteiger partial charge in [0.2, 0.25) is 0 Å². The van der Waals surface area contributed by atoms with Gasteiger partial charge in [-0.1, -0.05) is 54.5 Å². The SMILES string of the molecule is C=C(C)c1cnc(C(C)=O)cc1C.CC.CCC(C)(C)C. The summed E-state index contributed by atoms with van der Waals surface area (Å²) >= 11 is 0. The maximum absolute atomic E-state index is 11.0. The Morgan fingerprint density at radius 2 is 1.67 bits per heavy atom. The molecule has 0 amide bonds. The Balaban J connectivity index is 0. The van der Waals surface area contributed by atoms with Crippen molar-refractivity contribution in [2.24, 2.45) is 5.41 Å². The van der Waals surface area contributed by atoms with Gasteiger partial charge in [0.1, 0.15) is 5.69 Å². The van der Waals surface area contributed by atoms with Gasteiger partial charge < -0.3 is 0 Å². The minimum absolute atomic E-state index is 0.00337. The van der Waals surface area contributed by atoms with Crippen LogP contribution in [0.1, 0.15) is 83.4 Å². The molecule has 0 aliphatic carbocycles. The summed E-state index contributed by atoms with van der Waals surface area (Å²) < 4.78 is 0. The molecule has 0 N–H and O–H groups in total. The van der Waals surface area contributed by atoms with Crippen molar-refractivity contribution in [3.8, 4) is 0 Å². The number of aryl methyl sites for hydroxylation is 1. The second-order valence-corrected chi connectivity index (χ2v) is 6.14. The standard InChI is InChI=1S/C11H13NO.C6H14.C2H6/c1-7(2)10-6-12-11(9(4)13)5-8(10)3;1-5-6(2,3)4;1-2/h5-6H,1H2,2-4H3;5H2,1-4H3;1-2H3. The van der Waals surface area contributed by atoms with Crippen molar-refractivity contribution in [2.45, 2.75) is 68.7 Å². The second kappa shape index (κ2) is 10.3. The third kappa shape index (κ3) is 10.0. The third-order valence-corrected chi connectivity index (χ3v) is 2.99. The lowest BCUT2D eigenvalue weighted by atomic mass is 9.94. The van der Waals surface area contributed by atoms with Crippen LogP contribution in [0.3, 0.4) is 0 Å². The van der Waals surface area contributed by atoms with Gasteiger partial charge in [0.25, 0.3) is 0 Å². The van der Waals surface area contributed by atoms with Crippen LogP contribution in [0, 0.1) is 12.3 Å². The van der Waals surface area contributed by atoms with Gasteiger partial charge in [-0.2, -0.15) is 0 Å². The molecule has 0 aliphatic heterocycles. The van der Waals surface area contributed by atoms with Crippen molar-refractivity contribution >= 4 is 11.4 Å². The Morgan fingerprint density at radius 3 is 1.90 bits per heavy atom. The Hall–Kier alpha value is -1.44. The number of ketones is 1. The molecule has 1 heterocycles. The van der Waals surface area contributed by atoms with E-state index in [-0.39, 0.29) is 5.78 Å². The minimum atomic E-state index is -0.00337. The Kier molecular flexibility index (Phi) is 10.7. The predicted molar refractivity (Wildman–Crippen MR) is 94.8 cm³/mol. The van der Waals surface area contributed by atoms with E-state index in [4.69, 9.17) is 0 Å². The highest BCUT2D eigenvalue weighted by Crippen LogP contribution is 2.16. The molecule has 0 bridgehead atoms. The summed E-state index contributed by atoms with van der Waals surface area (Å²) in [7, 11) is 0. The summed E-state index contributed by atoms with van der Waals surface area (Å²) in [5, 5.41) is 0. The van der Waals surface area contributed by atoms with E-state index in [1.165, 1.54) is 13.3 Å². The maximum atomic E-state index is 11.0. The second-order valence-electron chi connectivity index (χ2n) is 6.14. The number of carbonyl (C=O) groups is 1. The normalized spacial score (nSPS) is 9.76. The molecule has 1 rings (SSSR count). The van der Waals surface area contributed by atoms with E-state index >= 15 is 0 Å². The van der Waals surface area contributed by atoms with Gasteiger partial charge in [-0.05, 0) is 42.0 Å². The van der Waals surface area contributed by atoms with Crippen LogP contribution in [0.2, 0.25) is 0 Å². The van der Waals surface area contributed by atoms with Gasteiger partial charge in [-0.3, -0.25) is 9.78 Å². The minimum Gasteiger partial charge on any atom is -0.293 e. The van der Waals surface area contributed by atoms with Crippen molar-refractivity contribution in [1.82, 2.24) is 4.98 Å². The van der Waals surface area contributed by atoms with Gasteiger partial charge >= 0.3 is 0 Å². The summed E-state index contributed by atoms with van der Waals surface area (Å²) in [5.41, 5.74) is 4.10. The molecule has 0 fully saturated rings. The number of carbonyl (C=O) groups excluding carboxylic acids is 1. The molecule has 0 saturated carbocycles. The molecule has 1 aromatic heterocycles. The number of aromatic nitrogens is 1. The van der Waals surface area contributed by atoms with Gasteiger partial charge in [0, 0.05) is 13.1 Å². The molecule has 0 radical (unpaired) electrons. The maximum Gasteiger partial charge on any atom is 0.178 e. The fourth-order valence-electron chi connectivity index (χ4n) is 1.20. The van der Waals surface area contributed by atoms with E-state index < -0.39 is 0 Å². The van der Waals surface area contributed by atoms with Gasteiger partial charge in [0.15, 0.2) is 5.78 Å². The molecule has 1 aromatic rings. The van der Waals surface area contributed by atoms with Crippen molar-refractivity contribution in [2.75, 3.05) is 0 Å². The quantitative estimate of drug-likeness (QED) is 0.617. The van der Waals surface area contributed by atoms with Crippen LogP contribution in [-0.2, 0) is 0 Å². The van der Waals surface area contributed by atoms with Gasteiger partial charge in [0.05, 0.1) is 0 Å². The number of hydrogen-bond acceptors (Lipinski definition) is 2. The van der Waals surface area contributed by atoms with Gasteiger partial charge in [-0.15, -0.1) is 0 Å². The van der Waals surface area contributed by atoms with E-state index in [1.807, 2.05) is 27.7 Å². The fraction of sp³-hybridized carbons (Fsp3) is 0.579. The molecular formula is C19H33NO. The monoisotopic (exact) mass is 291 g/mol. The lowest BCUT2D eigenvalue weighted by molar-refractivity contribution is 0.101. The fourth-order valence-corrected chi connectivity index (χ4v) is 1.20. The molecule has 0 aliphatic rings. The van der Waals surface area contributed by atoms with Crippen LogP contribution < -0.4 is 0 Å². The van der Waals surface area contributed by atoms with Crippen molar-refractivity contribution in [3.63, 3.8) is 0 Å². The highest BCUT2D eigenvalue weighted by molar-refractivity contribution is 5.92. The Morgan fingerprint density at radius 1 is 1.24 bits per heavy atom. The molecule has 2 nitrogen and oxygen atoms in total. The number of allylic oxidation sites excluding steroid dienone is 1. The lowest BCUT2D eigenvalue weighted by Gasteiger charge is -2.12. The van der Waals surface area contributed by atoms with E-state index in [1.54, 1.807) is 12.3 Å². The topological polar surface area (TPSA) is 30.0 Å². The highest BCUT2D eigenvalue weighted by Gasteiger charge is 2.05. The molecule has 0 spiro atoms. The smallest absolute Gasteiger partial charge is 0.178 e. The molecule has 0 atom stereocenters. The Bertz CT molecular complexity index is 453. The first kappa shape index (κ1) is 21.9. The molecule has 0 unspecified atom stereocenters. The van der Waals surface area contributed by atoms with E-state index in [0.717, 1.165) is 16.7 Å². The van der Waals surface area contributed by atoms with Crippen LogP contribution in [0.25, 0.3) is 5.57 Å². The zero-order valence-corrected chi connectivity index (χ0v) is 15.4. The van der Waals surface area contributed by atoms with Crippen molar-refractivity contribution in [3.05, 3.63) is 35.7 Å². The number of nitrogens with zero attached hydrogens (tertiary/aromatic N) is 1. The molecule has 120 valence electrons. The van der Waals surface area contributed by atoms with E-state index in [9.17, 15) is 4.79 Å². The van der Waals surface area contributed by atoms with Crippen LogP contribution >= 0.6 is 0 Å². The van der Waals surface area contributed by atoms with Crippen LogP contribution in [-0.4, -0.2) is 10.8 Å². The summed E-state index contributed by atoms with van der Waals surface area (Å²) in [4.78, 5) is 15.0. The molecule has 0 saturated heterocycles. The number of rotatable bonds is 2. The van der Waals surface area contributed by atoms with Crippen LogP contribution in [0.15, 0.2) is 18.8 Å². The zero-order valence-electron chi connectivity index (χ0n) is 15.4. The van der Waals surface area contributed by atoms with E-state index in [0.29, 0.717) is 11.1 Å². The van der Waals surface area contributed by atoms with Crippen molar-refractivity contribution < 1.29 is 4.79 Å². The van der Waals surface area contributed by atoms with E-state index in [2.05, 4.69) is 39.3 Å². The third-order valence-electron chi connectivity index (χ3n) is 2.99. The first-order valence-corrected chi connectivity index (χ1v) is 7.72.